The lowest BCUT2D eigenvalue weighted by molar-refractivity contribution is 0.101. The van der Waals surface area contributed by atoms with E-state index in [2.05, 4.69) is 15.6 Å². The van der Waals surface area contributed by atoms with E-state index in [0.717, 1.165) is 22.2 Å². The van der Waals surface area contributed by atoms with Gasteiger partial charge in [0.15, 0.2) is 5.78 Å². The van der Waals surface area contributed by atoms with Gasteiger partial charge in [0.1, 0.15) is 0 Å². The second-order valence-electron chi connectivity index (χ2n) is 4.81. The highest BCUT2D eigenvalue weighted by molar-refractivity contribution is 6.31. The van der Waals surface area contributed by atoms with Gasteiger partial charge in [-0.1, -0.05) is 17.7 Å². The van der Waals surface area contributed by atoms with Crippen molar-refractivity contribution in [3.8, 4) is 11.3 Å². The number of aromatic nitrogens is 2. The Labute approximate surface area is 121 Å². The lowest BCUT2D eigenvalue weighted by atomic mass is 10.1. The van der Waals surface area contributed by atoms with Crippen molar-refractivity contribution < 1.29 is 4.79 Å². The van der Waals surface area contributed by atoms with Gasteiger partial charge in [0.2, 0.25) is 0 Å². The number of rotatable bonds is 2. The quantitative estimate of drug-likeness (QED) is 0.664. The van der Waals surface area contributed by atoms with Gasteiger partial charge in [-0.3, -0.25) is 9.78 Å². The van der Waals surface area contributed by atoms with Crippen LogP contribution in [0, 0.1) is 0 Å². The van der Waals surface area contributed by atoms with Crippen LogP contribution in [0.15, 0.2) is 42.7 Å². The Hall–Kier alpha value is -2.13. The first kappa shape index (κ1) is 12.9. The van der Waals surface area contributed by atoms with Crippen LogP contribution in [0.4, 0.5) is 0 Å². The molecular formula is C16H13ClN2O. The zero-order valence-electron chi connectivity index (χ0n) is 11.2. The molecule has 0 saturated carbocycles. The van der Waals surface area contributed by atoms with Crippen molar-refractivity contribution in [2.75, 3.05) is 0 Å². The molecule has 0 amide bonds. The first-order chi connectivity index (χ1) is 9.56. The first-order valence-electron chi connectivity index (χ1n) is 6.27. The molecule has 0 aliphatic heterocycles. The predicted octanol–water partition coefficient (Wildman–Crippen LogP) is 4.10. The smallest absolute Gasteiger partial charge is 0.161 e. The highest BCUT2D eigenvalue weighted by Crippen LogP contribution is 2.29. The molecule has 0 atom stereocenters. The average Bonchev–Trinajstić information content (AvgIpc) is 2.76. The minimum Gasteiger partial charge on any atom is -0.344 e. The molecule has 20 heavy (non-hydrogen) atoms. The average molecular weight is 285 g/mol. The van der Waals surface area contributed by atoms with E-state index in [1.165, 1.54) is 0 Å². The monoisotopic (exact) mass is 284 g/mol. The Balaban J connectivity index is 2.22. The number of hydrogen-bond donors (Lipinski definition) is 0. The lowest BCUT2D eigenvalue weighted by Gasteiger charge is -2.05. The summed E-state index contributed by atoms with van der Waals surface area (Å²) in [5.74, 6) is 0.0150. The van der Waals surface area contributed by atoms with Crippen LogP contribution in [0.1, 0.15) is 17.3 Å². The van der Waals surface area contributed by atoms with Gasteiger partial charge < -0.3 is 4.57 Å². The number of halogens is 1. The predicted molar refractivity (Wildman–Crippen MR) is 81.2 cm³/mol. The number of benzene rings is 1. The van der Waals surface area contributed by atoms with Gasteiger partial charge >= 0.3 is 0 Å². The molecule has 0 aliphatic carbocycles. The van der Waals surface area contributed by atoms with E-state index < -0.39 is 0 Å². The zero-order valence-corrected chi connectivity index (χ0v) is 12.0. The van der Waals surface area contributed by atoms with Gasteiger partial charge in [-0.05, 0) is 31.2 Å². The Kier molecular flexibility index (Phi) is 3.07. The van der Waals surface area contributed by atoms with Gasteiger partial charge in [-0.2, -0.15) is 0 Å². The SMILES string of the molecule is CC(=O)c1cncc(-c2cc3ccc(Cl)cc3n2C)c1. The number of hydrogen-bond acceptors (Lipinski definition) is 2. The normalized spacial score (nSPS) is 10.9. The summed E-state index contributed by atoms with van der Waals surface area (Å²) < 4.78 is 2.06. The van der Waals surface area contributed by atoms with Crippen LogP contribution < -0.4 is 0 Å². The Morgan fingerprint density at radius 1 is 1.20 bits per heavy atom. The van der Waals surface area contributed by atoms with Crippen LogP contribution in [0.2, 0.25) is 5.02 Å². The van der Waals surface area contributed by atoms with Crippen molar-refractivity contribution in [1.29, 1.82) is 0 Å². The summed E-state index contributed by atoms with van der Waals surface area (Å²) in [6.07, 6.45) is 3.35. The van der Waals surface area contributed by atoms with Gasteiger partial charge in [0.05, 0.1) is 5.69 Å². The highest BCUT2D eigenvalue weighted by atomic mass is 35.5. The van der Waals surface area contributed by atoms with Crippen molar-refractivity contribution in [2.45, 2.75) is 6.92 Å². The van der Waals surface area contributed by atoms with E-state index in [4.69, 9.17) is 11.6 Å². The molecule has 2 heterocycles. The number of Topliss-reactive ketones (excluding diaryl/α,β-unsaturated/α-hetero) is 1. The third-order valence-electron chi connectivity index (χ3n) is 3.45. The number of fused-ring (bicyclic) bond motifs is 1. The Morgan fingerprint density at radius 3 is 2.75 bits per heavy atom. The van der Waals surface area contributed by atoms with Crippen molar-refractivity contribution in [3.63, 3.8) is 0 Å². The van der Waals surface area contributed by atoms with Crippen LogP contribution in [0.25, 0.3) is 22.2 Å². The molecule has 2 aromatic heterocycles. The van der Waals surface area contributed by atoms with Gasteiger partial charge in [-0.25, -0.2) is 0 Å². The van der Waals surface area contributed by atoms with E-state index in [-0.39, 0.29) is 5.78 Å². The molecule has 0 unspecified atom stereocenters. The van der Waals surface area contributed by atoms with Crippen molar-refractivity contribution >= 4 is 28.3 Å². The van der Waals surface area contributed by atoms with E-state index in [1.807, 2.05) is 31.3 Å². The summed E-state index contributed by atoms with van der Waals surface area (Å²) in [7, 11) is 1.98. The van der Waals surface area contributed by atoms with Crippen molar-refractivity contribution in [3.05, 3.63) is 53.3 Å². The molecule has 0 spiro atoms. The fraction of sp³-hybridized carbons (Fsp3) is 0.125. The Bertz CT molecular complexity index is 820. The number of pyridine rings is 1. The molecule has 3 aromatic rings. The molecule has 1 aromatic carbocycles. The zero-order chi connectivity index (χ0) is 14.3. The fourth-order valence-electron chi connectivity index (χ4n) is 2.35. The van der Waals surface area contributed by atoms with Crippen molar-refractivity contribution in [2.24, 2.45) is 7.05 Å². The second-order valence-corrected chi connectivity index (χ2v) is 5.25. The van der Waals surface area contributed by atoms with Gasteiger partial charge in [-0.15, -0.1) is 0 Å². The summed E-state index contributed by atoms with van der Waals surface area (Å²) in [4.78, 5) is 15.6. The molecule has 3 rings (SSSR count). The summed E-state index contributed by atoms with van der Waals surface area (Å²) >= 11 is 6.04. The summed E-state index contributed by atoms with van der Waals surface area (Å²) in [6.45, 7) is 1.54. The molecule has 100 valence electrons. The third-order valence-corrected chi connectivity index (χ3v) is 3.68. The molecule has 4 heteroatoms. The van der Waals surface area contributed by atoms with Crippen LogP contribution in [-0.2, 0) is 7.05 Å². The van der Waals surface area contributed by atoms with E-state index in [0.29, 0.717) is 10.6 Å². The largest absolute Gasteiger partial charge is 0.344 e. The maximum Gasteiger partial charge on any atom is 0.161 e. The molecular weight excluding hydrogens is 272 g/mol. The second kappa shape index (κ2) is 4.76. The number of carbonyl (C=O) groups is 1. The minimum atomic E-state index is 0.0150. The number of carbonyl (C=O) groups excluding carboxylic acids is 1. The van der Waals surface area contributed by atoms with Crippen LogP contribution in [0.3, 0.4) is 0 Å². The molecule has 0 fully saturated rings. The number of nitrogens with zero attached hydrogens (tertiary/aromatic N) is 2. The maximum atomic E-state index is 11.5. The number of aryl methyl sites for hydroxylation is 1. The fourth-order valence-corrected chi connectivity index (χ4v) is 2.52. The standard InChI is InChI=1S/C16H13ClN2O/c1-10(20)12-5-13(9-18-8-12)15-6-11-3-4-14(17)7-16(11)19(15)2/h3-9H,1-2H3. The van der Waals surface area contributed by atoms with Crippen molar-refractivity contribution in [1.82, 2.24) is 9.55 Å². The molecule has 0 N–H and O–H groups in total. The highest BCUT2D eigenvalue weighted by Gasteiger charge is 2.10. The van der Waals surface area contributed by atoms with Gasteiger partial charge in [0.25, 0.3) is 0 Å². The molecule has 3 nitrogen and oxygen atoms in total. The summed E-state index contributed by atoms with van der Waals surface area (Å²) in [6, 6.07) is 9.74. The van der Waals surface area contributed by atoms with Crippen LogP contribution in [-0.4, -0.2) is 15.3 Å². The summed E-state index contributed by atoms with van der Waals surface area (Å²) in [5, 5.41) is 1.82. The lowest BCUT2D eigenvalue weighted by Crippen LogP contribution is -1.96. The molecule has 0 saturated heterocycles. The van der Waals surface area contributed by atoms with Crippen LogP contribution >= 0.6 is 11.6 Å². The van der Waals surface area contributed by atoms with Gasteiger partial charge in [0, 0.05) is 46.5 Å². The number of ketones is 1. The van der Waals surface area contributed by atoms with E-state index in [9.17, 15) is 4.79 Å². The molecule has 0 radical (unpaired) electrons. The summed E-state index contributed by atoms with van der Waals surface area (Å²) in [5.41, 5.74) is 3.61. The van der Waals surface area contributed by atoms with Crippen LogP contribution in [0.5, 0.6) is 0 Å². The third kappa shape index (κ3) is 2.10. The molecule has 0 bridgehead atoms. The van der Waals surface area contributed by atoms with E-state index in [1.54, 1.807) is 19.3 Å². The topological polar surface area (TPSA) is 34.9 Å². The Morgan fingerprint density at radius 2 is 2.00 bits per heavy atom. The van der Waals surface area contributed by atoms with E-state index >= 15 is 0 Å². The maximum absolute atomic E-state index is 11.5. The minimum absolute atomic E-state index is 0.0150. The first-order valence-corrected chi connectivity index (χ1v) is 6.65. The molecule has 0 aliphatic rings.